The van der Waals surface area contributed by atoms with Crippen LogP contribution in [-0.4, -0.2) is 56.1 Å². The van der Waals surface area contributed by atoms with Crippen LogP contribution in [-0.2, 0) is 14.3 Å². The predicted octanol–water partition coefficient (Wildman–Crippen LogP) is 2.33. The number of hydrogen-bond donors (Lipinski definition) is 2. The minimum Gasteiger partial charge on any atom is -0.394 e. The molecule has 0 spiro atoms. The van der Waals surface area contributed by atoms with Gasteiger partial charge in [-0.1, -0.05) is 45.4 Å². The Balaban J connectivity index is 0. The number of aliphatic hydroxyl groups is 2. The second-order valence-corrected chi connectivity index (χ2v) is 4.75. The van der Waals surface area contributed by atoms with Crippen LogP contribution in [0.2, 0.25) is 0 Å². The van der Waals surface area contributed by atoms with Crippen molar-refractivity contribution in [2.45, 2.75) is 58.3 Å². The smallest absolute Gasteiger partial charge is 0.119 e. The first kappa shape index (κ1) is 22.8. The summed E-state index contributed by atoms with van der Waals surface area (Å²) in [5, 5.41) is 16.5. The molecule has 0 aromatic heterocycles. The average Bonchev–Trinajstić information content (AvgIpc) is 2.51. The summed E-state index contributed by atoms with van der Waals surface area (Å²) in [5.74, 6) is 0. The van der Waals surface area contributed by atoms with Crippen molar-refractivity contribution in [1.29, 1.82) is 0 Å². The van der Waals surface area contributed by atoms with Gasteiger partial charge in [-0.15, -0.1) is 0 Å². The first-order valence-corrected chi connectivity index (χ1v) is 8.14. The highest BCUT2D eigenvalue weighted by atomic mass is 16.5. The molecular formula is C16H34O5. The van der Waals surface area contributed by atoms with E-state index in [1.54, 1.807) is 0 Å². The second-order valence-electron chi connectivity index (χ2n) is 4.75. The molecule has 128 valence electrons. The maximum Gasteiger partial charge on any atom is 0.119 e. The van der Waals surface area contributed by atoms with Gasteiger partial charge >= 0.3 is 0 Å². The van der Waals surface area contributed by atoms with Gasteiger partial charge in [0.2, 0.25) is 0 Å². The lowest BCUT2D eigenvalue weighted by molar-refractivity contribution is -0.107. The molecule has 0 saturated carbocycles. The van der Waals surface area contributed by atoms with Crippen molar-refractivity contribution in [3.05, 3.63) is 0 Å². The quantitative estimate of drug-likeness (QED) is 0.359. The Labute approximate surface area is 129 Å². The number of ether oxygens (including phenoxy) is 2. The zero-order chi connectivity index (χ0) is 16.0. The number of aliphatic hydroxyl groups excluding tert-OH is 2. The lowest BCUT2D eigenvalue weighted by atomic mass is 10.1. The molecular weight excluding hydrogens is 272 g/mol. The van der Waals surface area contributed by atoms with Gasteiger partial charge < -0.3 is 24.5 Å². The number of rotatable bonds is 15. The summed E-state index contributed by atoms with van der Waals surface area (Å²) >= 11 is 0. The molecule has 0 heterocycles. The van der Waals surface area contributed by atoms with Crippen molar-refractivity contribution in [1.82, 2.24) is 0 Å². The Bertz CT molecular complexity index is 168. The van der Waals surface area contributed by atoms with Gasteiger partial charge in [0.05, 0.1) is 39.6 Å². The minimum atomic E-state index is 0.0417. The normalized spacial score (nSPS) is 10.0. The van der Waals surface area contributed by atoms with Crippen LogP contribution >= 0.6 is 0 Å². The number of aldehydes is 1. The highest BCUT2D eigenvalue weighted by Gasteiger charge is 1.89. The average molecular weight is 306 g/mol. The monoisotopic (exact) mass is 306 g/mol. The standard InChI is InChI=1S/C10H20O.C6H14O4/c1-2-3-4-5-6-7-8-9-10-11;7-1-3-9-5-6-10-4-2-8/h10H,2-9H2,1H3;7-8H,1-6H2. The van der Waals surface area contributed by atoms with Crippen LogP contribution in [0, 0.1) is 0 Å². The van der Waals surface area contributed by atoms with E-state index in [0.29, 0.717) is 26.4 Å². The third-order valence-corrected chi connectivity index (χ3v) is 2.77. The topological polar surface area (TPSA) is 76.0 Å². The molecule has 0 amide bonds. The lowest BCUT2D eigenvalue weighted by Gasteiger charge is -2.01. The van der Waals surface area contributed by atoms with Gasteiger partial charge in [-0.3, -0.25) is 0 Å². The zero-order valence-corrected chi connectivity index (χ0v) is 13.6. The third-order valence-electron chi connectivity index (χ3n) is 2.77. The Morgan fingerprint density at radius 3 is 1.67 bits per heavy atom. The fourth-order valence-electron chi connectivity index (χ4n) is 1.64. The summed E-state index contributed by atoms with van der Waals surface area (Å²) in [6.45, 7) is 3.96. The Kier molecular flexibility index (Phi) is 26.6. The highest BCUT2D eigenvalue weighted by molar-refractivity contribution is 5.48. The molecule has 0 unspecified atom stereocenters. The summed E-state index contributed by atoms with van der Waals surface area (Å²) in [4.78, 5) is 9.94. The summed E-state index contributed by atoms with van der Waals surface area (Å²) in [6.07, 6.45) is 10.8. The van der Waals surface area contributed by atoms with Crippen molar-refractivity contribution < 1.29 is 24.5 Å². The maximum absolute atomic E-state index is 9.94. The Hall–Kier alpha value is -0.490. The Morgan fingerprint density at radius 1 is 0.762 bits per heavy atom. The second kappa shape index (κ2) is 24.5. The molecule has 0 rings (SSSR count). The van der Waals surface area contributed by atoms with Crippen molar-refractivity contribution in [2.24, 2.45) is 0 Å². The molecule has 0 aliphatic heterocycles. The predicted molar refractivity (Wildman–Crippen MR) is 84.5 cm³/mol. The molecule has 0 fully saturated rings. The van der Waals surface area contributed by atoms with Crippen LogP contribution in [0.15, 0.2) is 0 Å². The molecule has 0 radical (unpaired) electrons. The summed E-state index contributed by atoms with van der Waals surface area (Å²) in [6, 6.07) is 0. The molecule has 0 aromatic rings. The van der Waals surface area contributed by atoms with Gasteiger partial charge in [0.25, 0.3) is 0 Å². The summed E-state index contributed by atoms with van der Waals surface area (Å²) in [5.41, 5.74) is 0. The molecule has 0 aromatic carbocycles. The molecule has 0 atom stereocenters. The molecule has 0 bridgehead atoms. The number of carbonyl (C=O) groups is 1. The molecule has 0 aliphatic carbocycles. The molecule has 5 heteroatoms. The summed E-state index contributed by atoms with van der Waals surface area (Å²) in [7, 11) is 0. The fraction of sp³-hybridized carbons (Fsp3) is 0.938. The van der Waals surface area contributed by atoms with Gasteiger partial charge in [0.1, 0.15) is 6.29 Å². The van der Waals surface area contributed by atoms with Crippen molar-refractivity contribution >= 4 is 6.29 Å². The van der Waals surface area contributed by atoms with Gasteiger partial charge in [0, 0.05) is 6.42 Å². The van der Waals surface area contributed by atoms with Crippen molar-refractivity contribution in [3.8, 4) is 0 Å². The van der Waals surface area contributed by atoms with Gasteiger partial charge in [-0.25, -0.2) is 0 Å². The van der Waals surface area contributed by atoms with Gasteiger partial charge in [-0.2, -0.15) is 0 Å². The van der Waals surface area contributed by atoms with Gasteiger partial charge in [0.15, 0.2) is 0 Å². The van der Waals surface area contributed by atoms with Crippen LogP contribution in [0.4, 0.5) is 0 Å². The first-order chi connectivity index (χ1) is 10.3. The van der Waals surface area contributed by atoms with Crippen molar-refractivity contribution in [3.63, 3.8) is 0 Å². The van der Waals surface area contributed by atoms with Crippen LogP contribution in [0.1, 0.15) is 58.3 Å². The fourth-order valence-corrected chi connectivity index (χ4v) is 1.64. The third kappa shape index (κ3) is 28.4. The van der Waals surface area contributed by atoms with Crippen LogP contribution in [0.3, 0.4) is 0 Å². The molecule has 2 N–H and O–H groups in total. The SMILES string of the molecule is CCCCCCCCCC=O.OCCOCCOCCO. The van der Waals surface area contributed by atoms with E-state index < -0.39 is 0 Å². The molecule has 0 aliphatic rings. The first-order valence-electron chi connectivity index (χ1n) is 8.14. The highest BCUT2D eigenvalue weighted by Crippen LogP contribution is 2.07. The summed E-state index contributed by atoms with van der Waals surface area (Å²) < 4.78 is 9.75. The zero-order valence-electron chi connectivity index (χ0n) is 13.6. The Morgan fingerprint density at radius 2 is 1.24 bits per heavy atom. The van der Waals surface area contributed by atoms with E-state index in [1.807, 2.05) is 0 Å². The largest absolute Gasteiger partial charge is 0.394 e. The molecule has 21 heavy (non-hydrogen) atoms. The van der Waals surface area contributed by atoms with Crippen molar-refractivity contribution in [2.75, 3.05) is 39.6 Å². The number of carbonyl (C=O) groups excluding carboxylic acids is 1. The molecule has 0 saturated heterocycles. The van der Waals surface area contributed by atoms with E-state index in [4.69, 9.17) is 19.7 Å². The van der Waals surface area contributed by atoms with E-state index in [2.05, 4.69) is 6.92 Å². The van der Waals surface area contributed by atoms with E-state index in [1.165, 1.54) is 38.5 Å². The van der Waals surface area contributed by atoms with Crippen LogP contribution in [0.25, 0.3) is 0 Å². The lowest BCUT2D eigenvalue weighted by Crippen LogP contribution is -2.09. The minimum absolute atomic E-state index is 0.0417. The van der Waals surface area contributed by atoms with E-state index in [9.17, 15) is 4.79 Å². The van der Waals surface area contributed by atoms with E-state index in [0.717, 1.165) is 19.1 Å². The van der Waals surface area contributed by atoms with E-state index >= 15 is 0 Å². The number of hydrogen-bond acceptors (Lipinski definition) is 5. The van der Waals surface area contributed by atoms with Crippen LogP contribution in [0.5, 0.6) is 0 Å². The number of unbranched alkanes of at least 4 members (excludes halogenated alkanes) is 7. The van der Waals surface area contributed by atoms with Crippen LogP contribution < -0.4 is 0 Å². The molecule has 5 nitrogen and oxygen atoms in total. The maximum atomic E-state index is 9.94. The van der Waals surface area contributed by atoms with E-state index in [-0.39, 0.29) is 13.2 Å². The van der Waals surface area contributed by atoms with Gasteiger partial charge in [-0.05, 0) is 6.42 Å².